The van der Waals surface area contributed by atoms with Crippen molar-refractivity contribution in [3.8, 4) is 0 Å². The Labute approximate surface area is 175 Å². The molecule has 0 radical (unpaired) electrons. The van der Waals surface area contributed by atoms with E-state index in [0.717, 1.165) is 38.4 Å². The number of aliphatic hydroxyl groups is 1. The predicted molar refractivity (Wildman–Crippen MR) is 113 cm³/mol. The maximum absolute atomic E-state index is 11.3. The van der Waals surface area contributed by atoms with Crippen molar-refractivity contribution in [3.05, 3.63) is 71.9 Å². The Morgan fingerprint density at radius 1 is 1.17 bits per heavy atom. The molecule has 154 valence electrons. The van der Waals surface area contributed by atoms with Gasteiger partial charge in [-0.2, -0.15) is 5.10 Å². The van der Waals surface area contributed by atoms with Gasteiger partial charge < -0.3 is 10.0 Å². The van der Waals surface area contributed by atoms with Crippen molar-refractivity contribution < 1.29 is 5.11 Å². The third-order valence-electron chi connectivity index (χ3n) is 7.41. The Bertz CT molecular complexity index is 1020. The van der Waals surface area contributed by atoms with Crippen molar-refractivity contribution >= 4 is 5.82 Å². The summed E-state index contributed by atoms with van der Waals surface area (Å²) in [5.41, 5.74) is 3.78. The van der Waals surface area contributed by atoms with Gasteiger partial charge in [0.25, 0.3) is 0 Å². The van der Waals surface area contributed by atoms with E-state index in [1.54, 1.807) is 18.6 Å². The molecule has 6 rings (SSSR count). The van der Waals surface area contributed by atoms with Gasteiger partial charge in [0.15, 0.2) is 0 Å². The number of H-pyrrole nitrogens is 1. The van der Waals surface area contributed by atoms with E-state index in [4.69, 9.17) is 0 Å². The van der Waals surface area contributed by atoms with E-state index in [0.29, 0.717) is 18.4 Å². The first-order chi connectivity index (χ1) is 14.8. The largest absolute Gasteiger partial charge is 0.391 e. The highest BCUT2D eigenvalue weighted by atomic mass is 16.3. The third-order valence-corrected chi connectivity index (χ3v) is 7.41. The van der Waals surface area contributed by atoms with Crippen LogP contribution >= 0.6 is 0 Å². The number of hydrogen-bond donors (Lipinski definition) is 2. The third kappa shape index (κ3) is 2.76. The normalized spacial score (nSPS) is 30.6. The number of benzene rings is 1. The Kier molecular flexibility index (Phi) is 4.14. The van der Waals surface area contributed by atoms with Crippen LogP contribution in [0.2, 0.25) is 0 Å². The molecule has 1 spiro atoms. The molecule has 1 aromatic carbocycles. The highest BCUT2D eigenvalue weighted by Gasteiger charge is 2.71. The van der Waals surface area contributed by atoms with Crippen LogP contribution in [-0.2, 0) is 13.0 Å². The number of nitrogens with zero attached hydrogens (tertiary/aromatic N) is 5. The van der Waals surface area contributed by atoms with Gasteiger partial charge in [0, 0.05) is 68.2 Å². The molecule has 4 heterocycles. The van der Waals surface area contributed by atoms with E-state index in [1.807, 2.05) is 6.20 Å². The summed E-state index contributed by atoms with van der Waals surface area (Å²) in [6.45, 7) is 4.40. The number of fused-ring (bicyclic) bond motifs is 1. The van der Waals surface area contributed by atoms with Crippen molar-refractivity contribution in [2.75, 3.05) is 31.1 Å². The molecule has 4 atom stereocenters. The number of hydrogen-bond acceptors (Lipinski definition) is 6. The molecule has 0 unspecified atom stereocenters. The molecule has 0 amide bonds. The molecular formula is C23H26N6O. The van der Waals surface area contributed by atoms with Gasteiger partial charge in [-0.15, -0.1) is 0 Å². The number of aromatic amines is 1. The van der Waals surface area contributed by atoms with Crippen LogP contribution in [0.5, 0.6) is 0 Å². The lowest BCUT2D eigenvalue weighted by Gasteiger charge is -2.27. The first kappa shape index (κ1) is 18.0. The van der Waals surface area contributed by atoms with Gasteiger partial charge in [0.2, 0.25) is 0 Å². The minimum Gasteiger partial charge on any atom is -0.391 e. The van der Waals surface area contributed by atoms with E-state index in [1.165, 1.54) is 16.8 Å². The number of β-amino-alcohol motifs (C(OH)–C–C–N with tert-alkyl or cyclic N) is 1. The van der Waals surface area contributed by atoms with Crippen LogP contribution in [0.3, 0.4) is 0 Å². The van der Waals surface area contributed by atoms with E-state index in [2.05, 4.69) is 60.3 Å². The molecule has 1 aliphatic carbocycles. The summed E-state index contributed by atoms with van der Waals surface area (Å²) < 4.78 is 0. The minimum atomic E-state index is -0.371. The number of aliphatic hydroxyl groups excluding tert-OH is 1. The molecule has 7 nitrogen and oxygen atoms in total. The van der Waals surface area contributed by atoms with Gasteiger partial charge >= 0.3 is 0 Å². The molecule has 3 aromatic rings. The molecule has 0 bridgehead atoms. The summed E-state index contributed by atoms with van der Waals surface area (Å²) in [6, 6.07) is 10.7. The quantitative estimate of drug-likeness (QED) is 0.693. The Balaban J connectivity index is 1.28. The van der Waals surface area contributed by atoms with E-state index in [-0.39, 0.29) is 11.5 Å². The van der Waals surface area contributed by atoms with Crippen molar-refractivity contribution in [1.29, 1.82) is 0 Å². The van der Waals surface area contributed by atoms with Crippen LogP contribution in [-0.4, -0.2) is 62.5 Å². The molecular weight excluding hydrogens is 376 g/mol. The molecule has 7 heteroatoms. The van der Waals surface area contributed by atoms with Crippen LogP contribution in [0.1, 0.15) is 22.7 Å². The molecule has 30 heavy (non-hydrogen) atoms. The molecule has 2 fully saturated rings. The van der Waals surface area contributed by atoms with Crippen LogP contribution in [0.4, 0.5) is 5.82 Å². The fourth-order valence-electron chi connectivity index (χ4n) is 5.91. The number of nitrogens with one attached hydrogen (secondary N) is 1. The fraction of sp³-hybridized carbons (Fsp3) is 0.435. The Morgan fingerprint density at radius 3 is 2.90 bits per heavy atom. The second-order valence-corrected chi connectivity index (χ2v) is 8.93. The Morgan fingerprint density at radius 2 is 2.07 bits per heavy atom. The smallest absolute Gasteiger partial charge is 0.147 e. The zero-order valence-electron chi connectivity index (χ0n) is 16.9. The van der Waals surface area contributed by atoms with Crippen LogP contribution in [0.15, 0.2) is 55.1 Å². The lowest BCUT2D eigenvalue weighted by molar-refractivity contribution is 0.115. The number of aromatic nitrogens is 4. The minimum absolute atomic E-state index is 0.129. The summed E-state index contributed by atoms with van der Waals surface area (Å²) in [5.74, 6) is 1.64. The average Bonchev–Trinajstić information content (AvgIpc) is 3.06. The monoisotopic (exact) mass is 402 g/mol. The van der Waals surface area contributed by atoms with Gasteiger partial charge in [-0.25, -0.2) is 4.98 Å². The Hall–Kier alpha value is -2.77. The zero-order valence-corrected chi connectivity index (χ0v) is 16.9. The van der Waals surface area contributed by atoms with Crippen LogP contribution in [0, 0.1) is 11.3 Å². The summed E-state index contributed by atoms with van der Waals surface area (Å²) in [7, 11) is 0. The van der Waals surface area contributed by atoms with Gasteiger partial charge in [-0.05, 0) is 17.4 Å². The van der Waals surface area contributed by atoms with E-state index >= 15 is 0 Å². The SMILES string of the molecule is O[C@@H]1CN(c2cnccn2)C[C@@]12[C@H](CN1CCc3[nH]ncc3C1)[C@H]2c1ccccc1. The summed E-state index contributed by atoms with van der Waals surface area (Å²) in [5, 5.41) is 18.6. The lowest BCUT2D eigenvalue weighted by Crippen LogP contribution is -2.34. The molecule has 3 aliphatic rings. The summed E-state index contributed by atoms with van der Waals surface area (Å²) in [6.07, 6.45) is 7.81. The summed E-state index contributed by atoms with van der Waals surface area (Å²) in [4.78, 5) is 13.4. The second-order valence-electron chi connectivity index (χ2n) is 8.93. The molecule has 2 aliphatic heterocycles. The van der Waals surface area contributed by atoms with E-state index < -0.39 is 0 Å². The van der Waals surface area contributed by atoms with Crippen molar-refractivity contribution in [1.82, 2.24) is 25.1 Å². The van der Waals surface area contributed by atoms with Crippen LogP contribution in [0.25, 0.3) is 0 Å². The maximum Gasteiger partial charge on any atom is 0.147 e. The fourth-order valence-corrected chi connectivity index (χ4v) is 5.91. The maximum atomic E-state index is 11.3. The topological polar surface area (TPSA) is 81.2 Å². The van der Waals surface area contributed by atoms with Gasteiger partial charge in [-0.1, -0.05) is 30.3 Å². The molecule has 1 saturated carbocycles. The summed E-state index contributed by atoms with van der Waals surface area (Å²) >= 11 is 0. The average molecular weight is 403 g/mol. The van der Waals surface area contributed by atoms with Gasteiger partial charge in [0.1, 0.15) is 5.82 Å². The van der Waals surface area contributed by atoms with Crippen molar-refractivity contribution in [2.45, 2.75) is 25.0 Å². The van der Waals surface area contributed by atoms with Gasteiger partial charge in [0.05, 0.1) is 18.5 Å². The van der Waals surface area contributed by atoms with E-state index in [9.17, 15) is 5.11 Å². The predicted octanol–water partition coefficient (Wildman–Crippen LogP) is 1.84. The number of rotatable bonds is 4. The second kappa shape index (κ2) is 6.89. The lowest BCUT2D eigenvalue weighted by atomic mass is 9.95. The molecule has 2 N–H and O–H groups in total. The molecule has 1 saturated heterocycles. The zero-order chi connectivity index (χ0) is 20.1. The molecule has 2 aromatic heterocycles. The van der Waals surface area contributed by atoms with Gasteiger partial charge in [-0.3, -0.25) is 15.0 Å². The van der Waals surface area contributed by atoms with Crippen molar-refractivity contribution in [2.24, 2.45) is 11.3 Å². The van der Waals surface area contributed by atoms with Crippen molar-refractivity contribution in [3.63, 3.8) is 0 Å². The first-order valence-electron chi connectivity index (χ1n) is 10.7. The highest BCUT2D eigenvalue weighted by molar-refractivity contribution is 5.46. The highest BCUT2D eigenvalue weighted by Crippen LogP contribution is 2.69. The standard InChI is InChI=1S/C23H26N6O/c30-20-14-29(21-11-24-7-8-25-21)15-23(20)18(22(23)16-4-2-1-3-5-16)13-28-9-6-19-17(12-28)10-26-27-19/h1-5,7-8,10-11,18,20,22,30H,6,9,12-15H2,(H,26,27)/t18-,20-,22-,23-/m1/s1. The number of anilines is 1. The van der Waals surface area contributed by atoms with Crippen LogP contribution < -0.4 is 4.90 Å². The first-order valence-corrected chi connectivity index (χ1v) is 10.7.